The molecule has 0 saturated carbocycles. The molecular formula is C27H34N2O6. The van der Waals surface area contributed by atoms with Crippen LogP contribution in [0.1, 0.15) is 45.6 Å². The third kappa shape index (κ3) is 9.60. The summed E-state index contributed by atoms with van der Waals surface area (Å²) in [6.07, 6.45) is 0.671. The number of amides is 2. The highest BCUT2D eigenvalue weighted by molar-refractivity contribution is 5.86. The molecule has 3 unspecified atom stereocenters. The Balaban J connectivity index is 2.03. The minimum Gasteiger partial charge on any atom is -0.480 e. The van der Waals surface area contributed by atoms with Gasteiger partial charge in [0.25, 0.3) is 0 Å². The Morgan fingerprint density at radius 3 is 2.00 bits per heavy atom. The van der Waals surface area contributed by atoms with Crippen molar-refractivity contribution in [1.82, 2.24) is 10.6 Å². The summed E-state index contributed by atoms with van der Waals surface area (Å²) < 4.78 is 5.11. The van der Waals surface area contributed by atoms with Crippen LogP contribution in [0.3, 0.4) is 0 Å². The number of ether oxygens (including phenoxy) is 1. The summed E-state index contributed by atoms with van der Waals surface area (Å²) in [4.78, 5) is 47.5. The highest BCUT2D eigenvalue weighted by Crippen LogP contribution is 2.21. The van der Waals surface area contributed by atoms with E-state index in [9.17, 15) is 19.2 Å². The summed E-state index contributed by atoms with van der Waals surface area (Å²) in [6, 6.07) is 16.7. The van der Waals surface area contributed by atoms with Crippen LogP contribution in [0.2, 0.25) is 0 Å². The van der Waals surface area contributed by atoms with Crippen LogP contribution in [0.25, 0.3) is 11.1 Å². The molecule has 2 rings (SSSR count). The lowest BCUT2D eigenvalue weighted by atomic mass is 9.94. The van der Waals surface area contributed by atoms with Gasteiger partial charge in [-0.15, -0.1) is 0 Å². The van der Waals surface area contributed by atoms with Crippen LogP contribution in [0.5, 0.6) is 0 Å². The summed E-state index contributed by atoms with van der Waals surface area (Å²) in [6.45, 7) is 5.14. The molecule has 2 aromatic rings. The SMILES string of the molecule is CCOC(=O)C(C)CC(Cc1ccc(-c2ccccc2)cc1)NC(=O)CCC(=O)NC(C)C(=O)O. The number of hydrogen-bond donors (Lipinski definition) is 3. The molecule has 3 N–H and O–H groups in total. The zero-order chi connectivity index (χ0) is 25.8. The normalized spacial score (nSPS) is 13.2. The molecule has 0 aliphatic carbocycles. The van der Waals surface area contributed by atoms with E-state index in [2.05, 4.69) is 10.6 Å². The minimum atomic E-state index is -1.14. The highest BCUT2D eigenvalue weighted by atomic mass is 16.5. The minimum absolute atomic E-state index is 0.0879. The second kappa shape index (κ2) is 13.9. The number of carbonyl (C=O) groups is 4. The fourth-order valence-electron chi connectivity index (χ4n) is 3.65. The first-order chi connectivity index (χ1) is 16.7. The largest absolute Gasteiger partial charge is 0.480 e. The summed E-state index contributed by atoms with van der Waals surface area (Å²) in [5, 5.41) is 14.1. The first-order valence-electron chi connectivity index (χ1n) is 11.8. The number of benzene rings is 2. The van der Waals surface area contributed by atoms with Crippen molar-refractivity contribution in [1.29, 1.82) is 0 Å². The number of carboxylic acid groups (broad SMARTS) is 1. The molecule has 8 heteroatoms. The van der Waals surface area contributed by atoms with Crippen molar-refractivity contribution in [3.05, 3.63) is 60.2 Å². The zero-order valence-corrected chi connectivity index (χ0v) is 20.5. The van der Waals surface area contributed by atoms with E-state index in [1.165, 1.54) is 6.92 Å². The Bertz CT molecular complexity index is 990. The predicted molar refractivity (Wildman–Crippen MR) is 132 cm³/mol. The molecule has 35 heavy (non-hydrogen) atoms. The van der Waals surface area contributed by atoms with Gasteiger partial charge in [-0.3, -0.25) is 19.2 Å². The first-order valence-corrected chi connectivity index (χ1v) is 11.8. The van der Waals surface area contributed by atoms with Gasteiger partial charge in [-0.05, 0) is 43.4 Å². The smallest absolute Gasteiger partial charge is 0.325 e. The second-order valence-electron chi connectivity index (χ2n) is 8.55. The summed E-state index contributed by atoms with van der Waals surface area (Å²) in [7, 11) is 0. The average molecular weight is 483 g/mol. The van der Waals surface area contributed by atoms with Crippen molar-refractivity contribution in [3.8, 4) is 11.1 Å². The quantitative estimate of drug-likeness (QED) is 0.377. The summed E-state index contributed by atoms with van der Waals surface area (Å²) >= 11 is 0. The number of carboxylic acids is 1. The Morgan fingerprint density at radius 2 is 1.43 bits per heavy atom. The van der Waals surface area contributed by atoms with Crippen molar-refractivity contribution in [2.45, 2.75) is 58.5 Å². The average Bonchev–Trinajstić information content (AvgIpc) is 2.83. The van der Waals surface area contributed by atoms with Crippen molar-refractivity contribution >= 4 is 23.8 Å². The molecule has 0 fully saturated rings. The predicted octanol–water partition coefficient (Wildman–Crippen LogP) is 3.34. The number of esters is 1. The molecule has 188 valence electrons. The van der Waals surface area contributed by atoms with Gasteiger partial charge >= 0.3 is 11.9 Å². The number of aliphatic carboxylic acids is 1. The topological polar surface area (TPSA) is 122 Å². The number of nitrogens with one attached hydrogen (secondary N) is 2. The van der Waals surface area contributed by atoms with Crippen molar-refractivity contribution in [2.24, 2.45) is 5.92 Å². The Labute approximate surface area is 206 Å². The monoisotopic (exact) mass is 482 g/mol. The van der Waals surface area contributed by atoms with Gasteiger partial charge in [-0.25, -0.2) is 0 Å². The number of carbonyl (C=O) groups excluding carboxylic acids is 3. The van der Waals surface area contributed by atoms with Gasteiger partial charge in [-0.1, -0.05) is 61.5 Å². The lowest BCUT2D eigenvalue weighted by Gasteiger charge is -2.22. The highest BCUT2D eigenvalue weighted by Gasteiger charge is 2.22. The van der Waals surface area contributed by atoms with E-state index in [0.717, 1.165) is 16.7 Å². The van der Waals surface area contributed by atoms with E-state index < -0.39 is 23.8 Å². The summed E-state index contributed by atoms with van der Waals surface area (Å²) in [5.74, 6) is -2.74. The molecule has 8 nitrogen and oxygen atoms in total. The van der Waals surface area contributed by atoms with Gasteiger partial charge in [0, 0.05) is 18.9 Å². The first kappa shape index (κ1) is 27.6. The molecular weight excluding hydrogens is 448 g/mol. The lowest BCUT2D eigenvalue weighted by Crippen LogP contribution is -2.41. The Kier molecular flexibility index (Phi) is 10.9. The van der Waals surface area contributed by atoms with E-state index in [-0.39, 0.29) is 37.4 Å². The molecule has 0 aliphatic rings. The molecule has 2 aromatic carbocycles. The fourth-order valence-corrected chi connectivity index (χ4v) is 3.65. The zero-order valence-electron chi connectivity index (χ0n) is 20.5. The van der Waals surface area contributed by atoms with E-state index >= 15 is 0 Å². The maximum atomic E-state index is 12.6. The molecule has 0 aliphatic heterocycles. The third-order valence-corrected chi connectivity index (χ3v) is 5.56. The van der Waals surface area contributed by atoms with Crippen molar-refractivity contribution < 1.29 is 29.0 Å². The fraction of sp³-hybridized carbons (Fsp3) is 0.407. The van der Waals surface area contributed by atoms with Crippen LogP contribution >= 0.6 is 0 Å². The van der Waals surface area contributed by atoms with Gasteiger partial charge in [0.05, 0.1) is 12.5 Å². The molecule has 3 atom stereocenters. The van der Waals surface area contributed by atoms with Crippen LogP contribution in [0.15, 0.2) is 54.6 Å². The Morgan fingerprint density at radius 1 is 0.857 bits per heavy atom. The van der Waals surface area contributed by atoms with E-state index in [0.29, 0.717) is 12.8 Å². The molecule has 0 bridgehead atoms. The lowest BCUT2D eigenvalue weighted by molar-refractivity contribution is -0.148. The van der Waals surface area contributed by atoms with Crippen LogP contribution in [-0.2, 0) is 30.3 Å². The number of hydrogen-bond acceptors (Lipinski definition) is 5. The molecule has 0 aromatic heterocycles. The maximum Gasteiger partial charge on any atom is 0.325 e. The van der Waals surface area contributed by atoms with E-state index in [4.69, 9.17) is 9.84 Å². The van der Waals surface area contributed by atoms with Gasteiger partial charge in [0.15, 0.2) is 0 Å². The molecule has 0 radical (unpaired) electrons. The van der Waals surface area contributed by atoms with Gasteiger partial charge in [0.2, 0.25) is 11.8 Å². The molecule has 0 heterocycles. The Hall–Kier alpha value is -3.68. The molecule has 2 amide bonds. The standard InChI is InChI=1S/C27H34N2O6/c1-4-35-27(34)18(2)16-23(29-25(31)15-14-24(30)28-19(3)26(32)33)17-20-10-12-22(13-11-20)21-8-6-5-7-9-21/h5-13,18-19,23H,4,14-17H2,1-3H3,(H,28,30)(H,29,31)(H,32,33). The molecule has 0 saturated heterocycles. The van der Waals surface area contributed by atoms with E-state index in [1.54, 1.807) is 13.8 Å². The van der Waals surface area contributed by atoms with Crippen molar-refractivity contribution in [3.63, 3.8) is 0 Å². The molecule has 0 spiro atoms. The second-order valence-corrected chi connectivity index (χ2v) is 8.55. The van der Waals surface area contributed by atoms with Gasteiger partial charge < -0.3 is 20.5 Å². The van der Waals surface area contributed by atoms with Gasteiger partial charge in [-0.2, -0.15) is 0 Å². The van der Waals surface area contributed by atoms with E-state index in [1.807, 2.05) is 54.6 Å². The van der Waals surface area contributed by atoms with Crippen LogP contribution in [-0.4, -0.2) is 47.6 Å². The van der Waals surface area contributed by atoms with Crippen molar-refractivity contribution in [2.75, 3.05) is 6.61 Å². The summed E-state index contributed by atoms with van der Waals surface area (Å²) in [5.41, 5.74) is 3.19. The number of rotatable bonds is 13. The van der Waals surface area contributed by atoms with Crippen LogP contribution in [0.4, 0.5) is 0 Å². The van der Waals surface area contributed by atoms with Crippen LogP contribution in [0, 0.1) is 5.92 Å². The van der Waals surface area contributed by atoms with Crippen LogP contribution < -0.4 is 10.6 Å². The maximum absolute atomic E-state index is 12.6. The third-order valence-electron chi connectivity index (χ3n) is 5.56. The van der Waals surface area contributed by atoms with Gasteiger partial charge in [0.1, 0.15) is 6.04 Å².